The Labute approximate surface area is 164 Å². The Kier molecular flexibility index (Phi) is 5.31. The molecule has 28 heavy (non-hydrogen) atoms. The number of aromatic amines is 1. The number of hydrogen-bond acceptors (Lipinski definition) is 4. The molecule has 2 fully saturated rings. The predicted molar refractivity (Wildman–Crippen MR) is 107 cm³/mol. The second kappa shape index (κ2) is 7.73. The number of aliphatic hydroxyl groups is 2. The van der Waals surface area contributed by atoms with Gasteiger partial charge in [0.15, 0.2) is 0 Å². The summed E-state index contributed by atoms with van der Waals surface area (Å²) in [6, 6.07) is 8.37. The number of rotatable bonds is 4. The summed E-state index contributed by atoms with van der Waals surface area (Å²) in [6.07, 6.45) is 2.93. The third-order valence-electron chi connectivity index (χ3n) is 6.60. The van der Waals surface area contributed by atoms with Crippen LogP contribution in [-0.4, -0.2) is 80.6 Å². The number of β-amino-alcohol motifs (C(OH)–C–C–N with tert-alkyl or cyclic N) is 1. The van der Waals surface area contributed by atoms with Crippen LogP contribution in [-0.2, 0) is 0 Å². The van der Waals surface area contributed by atoms with E-state index in [9.17, 15) is 15.0 Å². The largest absolute Gasteiger partial charge is 0.465 e. The average molecular weight is 387 g/mol. The van der Waals surface area contributed by atoms with E-state index in [1.807, 2.05) is 6.07 Å². The number of H-pyrrole nitrogens is 1. The molecule has 4 rings (SSSR count). The second-order valence-corrected chi connectivity index (χ2v) is 8.25. The number of nitrogens with zero attached hydrogens (tertiary/aromatic N) is 2. The second-order valence-electron chi connectivity index (χ2n) is 8.25. The topological polar surface area (TPSA) is 100 Å². The molecule has 7 heteroatoms. The van der Waals surface area contributed by atoms with Gasteiger partial charge in [0.25, 0.3) is 0 Å². The minimum Gasteiger partial charge on any atom is -0.465 e. The third kappa shape index (κ3) is 3.74. The molecule has 7 nitrogen and oxygen atoms in total. The van der Waals surface area contributed by atoms with Crippen LogP contribution in [0.1, 0.15) is 37.2 Å². The number of hydrogen-bond donors (Lipinski definition) is 4. The molecule has 1 amide bonds. The average Bonchev–Trinajstić information content (AvgIpc) is 3.13. The molecule has 2 aromatic rings. The first kappa shape index (κ1) is 19.2. The minimum atomic E-state index is -1.19. The Balaban J connectivity index is 1.31. The maximum absolute atomic E-state index is 11.0. The van der Waals surface area contributed by atoms with Crippen molar-refractivity contribution in [2.75, 3.05) is 32.7 Å². The molecule has 2 saturated heterocycles. The fourth-order valence-electron chi connectivity index (χ4n) is 4.69. The van der Waals surface area contributed by atoms with E-state index in [2.05, 4.69) is 34.3 Å². The van der Waals surface area contributed by atoms with Crippen LogP contribution in [0.5, 0.6) is 0 Å². The van der Waals surface area contributed by atoms with Gasteiger partial charge >= 0.3 is 6.09 Å². The SMILES string of the molecule is O=C(O)N1CCC(O)(C(O)CN2CCC(c3c[nH]c4ccccc34)CC2)CC1. The zero-order valence-corrected chi connectivity index (χ0v) is 16.0. The molecule has 0 saturated carbocycles. The van der Waals surface area contributed by atoms with Crippen LogP contribution in [0.3, 0.4) is 0 Å². The summed E-state index contributed by atoms with van der Waals surface area (Å²) in [7, 11) is 0. The molecule has 152 valence electrons. The molecule has 4 N–H and O–H groups in total. The molecule has 0 bridgehead atoms. The Morgan fingerprint density at radius 1 is 1.18 bits per heavy atom. The van der Waals surface area contributed by atoms with Gasteiger partial charge in [-0.05, 0) is 56.3 Å². The normalized spacial score (nSPS) is 22.4. The first-order valence-corrected chi connectivity index (χ1v) is 10.1. The quantitative estimate of drug-likeness (QED) is 0.645. The summed E-state index contributed by atoms with van der Waals surface area (Å²) in [5, 5.41) is 31.8. The Bertz CT molecular complexity index is 820. The summed E-state index contributed by atoms with van der Waals surface area (Å²) < 4.78 is 0. The van der Waals surface area contributed by atoms with Crippen molar-refractivity contribution in [1.82, 2.24) is 14.8 Å². The summed E-state index contributed by atoms with van der Waals surface area (Å²) in [5.74, 6) is 0.506. The van der Waals surface area contributed by atoms with Crippen molar-refractivity contribution in [1.29, 1.82) is 0 Å². The van der Waals surface area contributed by atoms with Gasteiger partial charge in [-0.15, -0.1) is 0 Å². The number of fused-ring (bicyclic) bond motifs is 1. The van der Waals surface area contributed by atoms with E-state index in [1.165, 1.54) is 21.4 Å². The van der Waals surface area contributed by atoms with Gasteiger partial charge in [-0.3, -0.25) is 0 Å². The number of nitrogens with one attached hydrogen (secondary N) is 1. The molecule has 3 heterocycles. The fraction of sp³-hybridized carbons (Fsp3) is 0.571. The van der Waals surface area contributed by atoms with Gasteiger partial charge in [-0.2, -0.15) is 0 Å². The van der Waals surface area contributed by atoms with E-state index < -0.39 is 17.8 Å². The van der Waals surface area contributed by atoms with Crippen LogP contribution in [0, 0.1) is 0 Å². The molecule has 0 spiro atoms. The summed E-state index contributed by atoms with van der Waals surface area (Å²) in [4.78, 5) is 17.9. The van der Waals surface area contributed by atoms with Crippen LogP contribution in [0.4, 0.5) is 4.79 Å². The molecule has 1 aromatic heterocycles. The van der Waals surface area contributed by atoms with Crippen molar-refractivity contribution in [3.05, 3.63) is 36.0 Å². The monoisotopic (exact) mass is 387 g/mol. The maximum atomic E-state index is 11.0. The van der Waals surface area contributed by atoms with Crippen molar-refractivity contribution >= 4 is 17.0 Å². The number of aliphatic hydroxyl groups excluding tert-OH is 1. The van der Waals surface area contributed by atoms with E-state index in [0.717, 1.165) is 25.9 Å². The highest BCUT2D eigenvalue weighted by atomic mass is 16.4. The van der Waals surface area contributed by atoms with Gasteiger partial charge < -0.3 is 30.1 Å². The van der Waals surface area contributed by atoms with Gasteiger partial charge in [0.2, 0.25) is 0 Å². The zero-order valence-electron chi connectivity index (χ0n) is 16.0. The van der Waals surface area contributed by atoms with Gasteiger partial charge in [0, 0.05) is 36.7 Å². The number of carboxylic acid groups (broad SMARTS) is 1. The molecule has 0 radical (unpaired) electrons. The molecule has 2 aliphatic heterocycles. The highest BCUT2D eigenvalue weighted by Gasteiger charge is 2.41. The summed E-state index contributed by atoms with van der Waals surface area (Å²) in [5.41, 5.74) is 1.35. The van der Waals surface area contributed by atoms with Crippen LogP contribution in [0.25, 0.3) is 10.9 Å². The molecule has 1 atom stereocenters. The maximum Gasteiger partial charge on any atom is 0.407 e. The standard InChI is InChI=1S/C21H29N3O4/c25-19(21(28)7-11-24(12-8-21)20(26)27)14-23-9-5-15(6-10-23)17-13-22-18-4-2-1-3-16(17)18/h1-4,13,15,19,22,25,28H,5-12,14H2,(H,26,27). The van der Waals surface area contributed by atoms with Crippen molar-refractivity contribution in [3.63, 3.8) is 0 Å². The minimum absolute atomic E-state index is 0.269. The molecule has 0 aliphatic carbocycles. The van der Waals surface area contributed by atoms with Crippen LogP contribution < -0.4 is 0 Å². The highest BCUT2D eigenvalue weighted by molar-refractivity contribution is 5.83. The third-order valence-corrected chi connectivity index (χ3v) is 6.60. The van der Waals surface area contributed by atoms with E-state index in [4.69, 9.17) is 5.11 Å². The number of piperidine rings is 2. The predicted octanol–water partition coefficient (Wildman–Crippen LogP) is 2.21. The van der Waals surface area contributed by atoms with E-state index in [-0.39, 0.29) is 25.9 Å². The first-order valence-electron chi connectivity index (χ1n) is 10.1. The van der Waals surface area contributed by atoms with Crippen LogP contribution >= 0.6 is 0 Å². The van der Waals surface area contributed by atoms with Crippen molar-refractivity contribution in [3.8, 4) is 0 Å². The van der Waals surface area contributed by atoms with Crippen LogP contribution in [0.15, 0.2) is 30.5 Å². The molecule has 2 aliphatic rings. The lowest BCUT2D eigenvalue weighted by Gasteiger charge is -2.42. The van der Waals surface area contributed by atoms with Gasteiger partial charge in [-0.1, -0.05) is 18.2 Å². The van der Waals surface area contributed by atoms with Gasteiger partial charge in [0.1, 0.15) is 0 Å². The molecular formula is C21H29N3O4. The summed E-state index contributed by atoms with van der Waals surface area (Å²) in [6.45, 7) is 2.75. The molecule has 1 unspecified atom stereocenters. The Morgan fingerprint density at radius 3 is 2.54 bits per heavy atom. The zero-order chi connectivity index (χ0) is 19.7. The lowest BCUT2D eigenvalue weighted by molar-refractivity contribution is -0.115. The van der Waals surface area contributed by atoms with Gasteiger partial charge in [0.05, 0.1) is 11.7 Å². The smallest absolute Gasteiger partial charge is 0.407 e. The number of aromatic nitrogens is 1. The number of amides is 1. The van der Waals surface area contributed by atoms with Crippen LogP contribution in [0.2, 0.25) is 0 Å². The number of carbonyl (C=O) groups is 1. The summed E-state index contributed by atoms with van der Waals surface area (Å²) >= 11 is 0. The van der Waals surface area contributed by atoms with E-state index in [1.54, 1.807) is 0 Å². The number of benzene rings is 1. The first-order chi connectivity index (χ1) is 13.5. The lowest BCUT2D eigenvalue weighted by atomic mass is 9.84. The van der Waals surface area contributed by atoms with E-state index >= 15 is 0 Å². The molecule has 1 aromatic carbocycles. The fourth-order valence-corrected chi connectivity index (χ4v) is 4.69. The van der Waals surface area contributed by atoms with Crippen molar-refractivity contribution < 1.29 is 20.1 Å². The number of likely N-dealkylation sites (tertiary alicyclic amines) is 2. The van der Waals surface area contributed by atoms with Crippen molar-refractivity contribution in [2.24, 2.45) is 0 Å². The number of para-hydroxylation sites is 1. The molecular weight excluding hydrogens is 358 g/mol. The van der Waals surface area contributed by atoms with Crippen molar-refractivity contribution in [2.45, 2.75) is 43.3 Å². The van der Waals surface area contributed by atoms with Gasteiger partial charge in [-0.25, -0.2) is 4.79 Å². The lowest BCUT2D eigenvalue weighted by Crippen LogP contribution is -2.56. The highest BCUT2D eigenvalue weighted by Crippen LogP contribution is 2.34. The Hall–Kier alpha value is -2.09. The Morgan fingerprint density at radius 2 is 1.86 bits per heavy atom. The van der Waals surface area contributed by atoms with E-state index in [0.29, 0.717) is 12.5 Å².